The Morgan fingerprint density at radius 3 is 2.56 bits per heavy atom. The van der Waals surface area contributed by atoms with E-state index < -0.39 is 30.6 Å². The lowest BCUT2D eigenvalue weighted by Gasteiger charge is -2.31. The molecule has 18 heavy (non-hydrogen) atoms. The molecule has 2 N–H and O–H groups in total. The number of hydrogen-bond donors (Lipinski definition) is 2. The molecule has 0 spiro atoms. The van der Waals surface area contributed by atoms with Crippen LogP contribution in [0.1, 0.15) is 33.8 Å². The van der Waals surface area contributed by atoms with Crippen molar-refractivity contribution in [2.24, 2.45) is 0 Å². The molecule has 1 aromatic rings. The van der Waals surface area contributed by atoms with Gasteiger partial charge in [0.2, 0.25) is 0 Å². The van der Waals surface area contributed by atoms with Gasteiger partial charge in [0.25, 0.3) is 11.8 Å². The zero-order valence-corrected chi connectivity index (χ0v) is 9.32. The highest BCUT2D eigenvalue weighted by molar-refractivity contribution is 6.02. The maximum absolute atomic E-state index is 12.9. The second kappa shape index (κ2) is 4.35. The number of carbonyl (C=O) groups is 2. The summed E-state index contributed by atoms with van der Waals surface area (Å²) in [5.41, 5.74) is -0.565. The number of imidazole rings is 1. The number of carboxylic acid groups (broad SMARTS) is 1. The number of halogens is 2. The number of aromatic amines is 1. The number of piperidine rings is 1. The van der Waals surface area contributed by atoms with E-state index in [-0.39, 0.29) is 24.5 Å². The van der Waals surface area contributed by atoms with Crippen molar-refractivity contribution in [2.45, 2.75) is 18.8 Å². The van der Waals surface area contributed by atoms with Gasteiger partial charge in [-0.1, -0.05) is 0 Å². The summed E-state index contributed by atoms with van der Waals surface area (Å²) in [7, 11) is 0. The van der Waals surface area contributed by atoms with Gasteiger partial charge in [-0.2, -0.15) is 0 Å². The van der Waals surface area contributed by atoms with Crippen LogP contribution in [-0.2, 0) is 0 Å². The first-order chi connectivity index (χ1) is 8.41. The second-order valence-electron chi connectivity index (χ2n) is 4.08. The fraction of sp³-hybridized carbons (Fsp3) is 0.500. The van der Waals surface area contributed by atoms with Gasteiger partial charge in [-0.15, -0.1) is 0 Å². The van der Waals surface area contributed by atoms with Crippen LogP contribution >= 0.6 is 0 Å². The van der Waals surface area contributed by atoms with E-state index in [9.17, 15) is 18.4 Å². The molecular weight excluding hydrogens is 248 g/mol. The van der Waals surface area contributed by atoms with Gasteiger partial charge in [0.15, 0.2) is 11.4 Å². The summed E-state index contributed by atoms with van der Waals surface area (Å²) in [4.78, 5) is 29.9. The van der Waals surface area contributed by atoms with E-state index in [0.29, 0.717) is 0 Å². The number of nitrogens with zero attached hydrogens (tertiary/aromatic N) is 2. The highest BCUT2D eigenvalue weighted by Crippen LogP contribution is 2.28. The lowest BCUT2D eigenvalue weighted by molar-refractivity contribution is -0.0495. The highest BCUT2D eigenvalue weighted by Gasteiger charge is 2.37. The minimum Gasteiger partial charge on any atom is -0.477 e. The highest BCUT2D eigenvalue weighted by atomic mass is 19.3. The van der Waals surface area contributed by atoms with Gasteiger partial charge in [-0.25, -0.2) is 18.6 Å². The molecule has 0 saturated carbocycles. The SMILES string of the molecule is O=C(O)c1[nH]cnc1C(=O)N1CCC(F)(F)CC1. The normalized spacial score (nSPS) is 18.7. The van der Waals surface area contributed by atoms with E-state index in [1.165, 1.54) is 4.90 Å². The van der Waals surface area contributed by atoms with Gasteiger partial charge in [0.1, 0.15) is 0 Å². The molecule has 2 rings (SSSR count). The zero-order valence-electron chi connectivity index (χ0n) is 9.32. The fourth-order valence-electron chi connectivity index (χ4n) is 1.81. The summed E-state index contributed by atoms with van der Waals surface area (Å²) in [6.45, 7) is -0.199. The molecule has 0 bridgehead atoms. The number of H-pyrrole nitrogens is 1. The van der Waals surface area contributed by atoms with E-state index in [2.05, 4.69) is 9.97 Å². The van der Waals surface area contributed by atoms with Crippen molar-refractivity contribution >= 4 is 11.9 Å². The molecule has 1 amide bonds. The van der Waals surface area contributed by atoms with Crippen LogP contribution in [0.25, 0.3) is 0 Å². The molecule has 0 unspecified atom stereocenters. The third kappa shape index (κ3) is 2.31. The van der Waals surface area contributed by atoms with Gasteiger partial charge < -0.3 is 15.0 Å². The molecule has 1 fully saturated rings. The number of carboxylic acids is 1. The van der Waals surface area contributed by atoms with E-state index >= 15 is 0 Å². The third-order valence-corrected chi connectivity index (χ3v) is 2.84. The van der Waals surface area contributed by atoms with Crippen LogP contribution in [0, 0.1) is 0 Å². The second-order valence-corrected chi connectivity index (χ2v) is 4.08. The van der Waals surface area contributed by atoms with Crippen LogP contribution in [0.15, 0.2) is 6.33 Å². The van der Waals surface area contributed by atoms with Crippen molar-refractivity contribution in [1.29, 1.82) is 0 Å². The van der Waals surface area contributed by atoms with Crippen molar-refractivity contribution in [3.05, 3.63) is 17.7 Å². The van der Waals surface area contributed by atoms with Crippen molar-refractivity contribution in [3.8, 4) is 0 Å². The van der Waals surface area contributed by atoms with Crippen LogP contribution in [0.2, 0.25) is 0 Å². The fourth-order valence-corrected chi connectivity index (χ4v) is 1.81. The summed E-state index contributed by atoms with van der Waals surface area (Å²) in [5, 5.41) is 8.82. The molecular formula is C10H11F2N3O3. The molecule has 1 aromatic heterocycles. The first-order valence-corrected chi connectivity index (χ1v) is 5.34. The molecule has 0 atom stereocenters. The van der Waals surface area contributed by atoms with Crippen molar-refractivity contribution in [1.82, 2.24) is 14.9 Å². The third-order valence-electron chi connectivity index (χ3n) is 2.84. The minimum atomic E-state index is -2.75. The zero-order chi connectivity index (χ0) is 13.3. The molecule has 1 saturated heterocycles. The number of amides is 1. The number of hydrogen-bond acceptors (Lipinski definition) is 3. The maximum Gasteiger partial charge on any atom is 0.354 e. The summed E-state index contributed by atoms with van der Waals surface area (Å²) >= 11 is 0. The van der Waals surface area contributed by atoms with Gasteiger partial charge in [-0.3, -0.25) is 4.79 Å². The molecule has 8 heteroatoms. The van der Waals surface area contributed by atoms with E-state index in [0.717, 1.165) is 6.33 Å². The first-order valence-electron chi connectivity index (χ1n) is 5.34. The number of carbonyl (C=O) groups excluding carboxylic acids is 1. The smallest absolute Gasteiger partial charge is 0.354 e. The van der Waals surface area contributed by atoms with Crippen molar-refractivity contribution in [2.75, 3.05) is 13.1 Å². The molecule has 1 aliphatic rings. The minimum absolute atomic E-state index is 0.0995. The van der Waals surface area contributed by atoms with Crippen LogP contribution in [0.3, 0.4) is 0 Å². The topological polar surface area (TPSA) is 86.3 Å². The van der Waals surface area contributed by atoms with Gasteiger partial charge in [0.05, 0.1) is 6.33 Å². The lowest BCUT2D eigenvalue weighted by atomic mass is 10.1. The Bertz CT molecular complexity index is 476. The molecule has 6 nitrogen and oxygen atoms in total. The quantitative estimate of drug-likeness (QED) is 0.828. The Labute approximate surface area is 101 Å². The molecule has 0 aliphatic carbocycles. The summed E-state index contributed by atoms with van der Waals surface area (Å²) in [6, 6.07) is 0. The number of rotatable bonds is 2. The largest absolute Gasteiger partial charge is 0.477 e. The average molecular weight is 259 g/mol. The number of aromatic nitrogens is 2. The Kier molecular flexibility index (Phi) is 3.02. The van der Waals surface area contributed by atoms with Gasteiger partial charge >= 0.3 is 5.97 Å². The van der Waals surface area contributed by atoms with E-state index in [4.69, 9.17) is 5.11 Å². The standard InChI is InChI=1S/C10H11F2N3O3/c11-10(12)1-3-15(4-2-10)8(16)6-7(9(17)18)14-5-13-6/h5H,1-4H2,(H,13,14)(H,17,18). The molecule has 0 radical (unpaired) electrons. The predicted molar refractivity (Wildman–Crippen MR) is 55.6 cm³/mol. The Morgan fingerprint density at radius 2 is 2.00 bits per heavy atom. The molecule has 2 heterocycles. The number of alkyl halides is 2. The van der Waals surface area contributed by atoms with Crippen LogP contribution in [0.4, 0.5) is 8.78 Å². The number of nitrogens with one attached hydrogen (secondary N) is 1. The predicted octanol–water partition coefficient (Wildman–Crippen LogP) is 0.979. The van der Waals surface area contributed by atoms with Crippen molar-refractivity contribution in [3.63, 3.8) is 0 Å². The van der Waals surface area contributed by atoms with Gasteiger partial charge in [0, 0.05) is 25.9 Å². The van der Waals surface area contributed by atoms with E-state index in [1.807, 2.05) is 0 Å². The van der Waals surface area contributed by atoms with Crippen LogP contribution in [-0.4, -0.2) is 50.9 Å². The number of aromatic carboxylic acids is 1. The molecule has 0 aromatic carbocycles. The Balaban J connectivity index is 2.13. The van der Waals surface area contributed by atoms with E-state index in [1.54, 1.807) is 0 Å². The average Bonchev–Trinajstić information content (AvgIpc) is 2.77. The van der Waals surface area contributed by atoms with Crippen LogP contribution < -0.4 is 0 Å². The summed E-state index contributed by atoms with van der Waals surface area (Å²) in [5.74, 6) is -4.69. The van der Waals surface area contributed by atoms with Gasteiger partial charge in [-0.05, 0) is 0 Å². The Hall–Kier alpha value is -1.99. The number of likely N-dealkylation sites (tertiary alicyclic amines) is 1. The van der Waals surface area contributed by atoms with Crippen molar-refractivity contribution < 1.29 is 23.5 Å². The summed E-state index contributed by atoms with van der Waals surface area (Å²) in [6.07, 6.45) is 0.270. The Morgan fingerprint density at radius 1 is 1.39 bits per heavy atom. The maximum atomic E-state index is 12.9. The molecule has 98 valence electrons. The first kappa shape index (κ1) is 12.5. The molecule has 1 aliphatic heterocycles. The van der Waals surface area contributed by atoms with Crippen LogP contribution in [0.5, 0.6) is 0 Å². The monoisotopic (exact) mass is 259 g/mol. The lowest BCUT2D eigenvalue weighted by Crippen LogP contribution is -2.43. The summed E-state index contributed by atoms with van der Waals surface area (Å²) < 4.78 is 25.9.